The Morgan fingerprint density at radius 1 is 1.23 bits per heavy atom. The summed E-state index contributed by atoms with van der Waals surface area (Å²) in [5, 5.41) is 2.98. The first kappa shape index (κ1) is 14.9. The number of carbonyl (C=O) groups excluding carboxylic acids is 1. The van der Waals surface area contributed by atoms with E-state index in [0.29, 0.717) is 11.5 Å². The molecule has 2 aromatic heterocycles. The molecule has 1 aromatic carbocycles. The van der Waals surface area contributed by atoms with Crippen molar-refractivity contribution in [2.24, 2.45) is 0 Å². The van der Waals surface area contributed by atoms with Crippen molar-refractivity contribution in [1.29, 1.82) is 0 Å². The van der Waals surface area contributed by atoms with Crippen LogP contribution in [0, 0.1) is 6.92 Å². The highest BCUT2D eigenvalue weighted by Crippen LogP contribution is 2.36. The van der Waals surface area contributed by atoms with Crippen molar-refractivity contribution in [2.45, 2.75) is 13.8 Å². The third kappa shape index (κ3) is 2.96. The first-order valence-corrected chi connectivity index (χ1v) is 8.67. The Labute approximate surface area is 137 Å². The summed E-state index contributed by atoms with van der Waals surface area (Å²) in [5.74, 6) is -0.288. The van der Waals surface area contributed by atoms with Gasteiger partial charge in [-0.15, -0.1) is 22.7 Å². The van der Waals surface area contributed by atoms with Crippen LogP contribution in [0.15, 0.2) is 41.8 Å². The van der Waals surface area contributed by atoms with Gasteiger partial charge < -0.3 is 4.74 Å². The molecule has 3 rings (SSSR count). The lowest BCUT2D eigenvalue weighted by Crippen LogP contribution is -2.03. The maximum absolute atomic E-state index is 11.9. The number of aryl methyl sites for hydroxylation is 1. The van der Waals surface area contributed by atoms with Crippen LogP contribution in [-0.4, -0.2) is 17.6 Å². The third-order valence-corrected chi connectivity index (χ3v) is 5.41. The molecule has 0 aliphatic heterocycles. The Morgan fingerprint density at radius 2 is 2.00 bits per heavy atom. The van der Waals surface area contributed by atoms with Crippen LogP contribution in [-0.2, 0) is 4.74 Å². The van der Waals surface area contributed by atoms with E-state index in [4.69, 9.17) is 4.74 Å². The average Bonchev–Trinajstić information content (AvgIpc) is 3.15. The lowest BCUT2D eigenvalue weighted by Gasteiger charge is -1.97. The van der Waals surface area contributed by atoms with E-state index in [-0.39, 0.29) is 5.97 Å². The number of esters is 1. The second-order valence-corrected chi connectivity index (χ2v) is 6.63. The standard InChI is InChI=1S/C17H15NO2S2/c1-3-20-17(19)15-11(2)18-16(22-15)14-9-13(10-21-14)12-7-5-4-6-8-12/h4-10H,3H2,1-2H3. The molecule has 0 unspecified atom stereocenters. The number of benzene rings is 1. The molecule has 5 heteroatoms. The highest BCUT2D eigenvalue weighted by atomic mass is 32.1. The fourth-order valence-corrected chi connectivity index (χ4v) is 4.06. The molecule has 112 valence electrons. The average molecular weight is 329 g/mol. The minimum absolute atomic E-state index is 0.288. The minimum atomic E-state index is -0.288. The summed E-state index contributed by atoms with van der Waals surface area (Å²) >= 11 is 3.03. The molecule has 0 aliphatic carbocycles. The zero-order valence-electron chi connectivity index (χ0n) is 12.3. The van der Waals surface area contributed by atoms with Crippen LogP contribution in [0.5, 0.6) is 0 Å². The number of thiophene rings is 1. The summed E-state index contributed by atoms with van der Waals surface area (Å²) in [7, 11) is 0. The van der Waals surface area contributed by atoms with Gasteiger partial charge in [-0.2, -0.15) is 0 Å². The summed E-state index contributed by atoms with van der Waals surface area (Å²) in [4.78, 5) is 18.1. The van der Waals surface area contributed by atoms with E-state index in [0.717, 1.165) is 15.6 Å². The van der Waals surface area contributed by atoms with Crippen LogP contribution in [0.4, 0.5) is 0 Å². The van der Waals surface area contributed by atoms with Crippen molar-refractivity contribution in [3.63, 3.8) is 0 Å². The molecule has 0 saturated heterocycles. The van der Waals surface area contributed by atoms with Gasteiger partial charge in [-0.1, -0.05) is 30.3 Å². The summed E-state index contributed by atoms with van der Waals surface area (Å²) in [6, 6.07) is 12.4. The first-order valence-electron chi connectivity index (χ1n) is 6.98. The molecule has 0 N–H and O–H groups in total. The summed E-state index contributed by atoms with van der Waals surface area (Å²) < 4.78 is 5.07. The molecule has 3 aromatic rings. The fourth-order valence-electron chi connectivity index (χ4n) is 2.12. The molecule has 0 radical (unpaired) electrons. The number of carbonyl (C=O) groups is 1. The number of hydrogen-bond donors (Lipinski definition) is 0. The van der Waals surface area contributed by atoms with Crippen LogP contribution >= 0.6 is 22.7 Å². The molecule has 0 saturated carbocycles. The minimum Gasteiger partial charge on any atom is -0.462 e. The van der Waals surface area contributed by atoms with Crippen molar-refractivity contribution in [3.05, 3.63) is 52.3 Å². The molecular formula is C17H15NO2S2. The Kier molecular flexibility index (Phi) is 4.36. The molecule has 22 heavy (non-hydrogen) atoms. The van der Waals surface area contributed by atoms with Gasteiger partial charge in [-0.25, -0.2) is 9.78 Å². The molecule has 0 atom stereocenters. The molecule has 0 fully saturated rings. The second kappa shape index (κ2) is 6.42. The fraction of sp³-hybridized carbons (Fsp3) is 0.176. The number of thiazole rings is 1. The van der Waals surface area contributed by atoms with Crippen molar-refractivity contribution in [3.8, 4) is 21.0 Å². The van der Waals surface area contributed by atoms with Gasteiger partial charge in [-0.05, 0) is 36.4 Å². The Bertz CT molecular complexity index is 790. The quantitative estimate of drug-likeness (QED) is 0.631. The van der Waals surface area contributed by atoms with E-state index in [1.807, 2.05) is 25.1 Å². The van der Waals surface area contributed by atoms with Gasteiger partial charge in [0.2, 0.25) is 0 Å². The van der Waals surface area contributed by atoms with Crippen molar-refractivity contribution in [2.75, 3.05) is 6.61 Å². The highest BCUT2D eigenvalue weighted by molar-refractivity contribution is 7.22. The van der Waals surface area contributed by atoms with Crippen LogP contribution in [0.2, 0.25) is 0 Å². The third-order valence-electron chi connectivity index (χ3n) is 3.17. The zero-order chi connectivity index (χ0) is 15.5. The zero-order valence-corrected chi connectivity index (χ0v) is 14.0. The van der Waals surface area contributed by atoms with E-state index in [9.17, 15) is 4.79 Å². The van der Waals surface area contributed by atoms with Gasteiger partial charge in [0.15, 0.2) is 0 Å². The smallest absolute Gasteiger partial charge is 0.350 e. The number of rotatable bonds is 4. The summed E-state index contributed by atoms with van der Waals surface area (Å²) in [6.45, 7) is 4.03. The van der Waals surface area contributed by atoms with Crippen LogP contribution in [0.25, 0.3) is 21.0 Å². The molecule has 0 aliphatic rings. The maximum atomic E-state index is 11.9. The van der Waals surface area contributed by atoms with Gasteiger partial charge in [-0.3, -0.25) is 0 Å². The van der Waals surface area contributed by atoms with Crippen molar-refractivity contribution in [1.82, 2.24) is 4.98 Å². The molecule has 0 bridgehead atoms. The van der Waals surface area contributed by atoms with Gasteiger partial charge in [0, 0.05) is 0 Å². The molecular weight excluding hydrogens is 314 g/mol. The Hall–Kier alpha value is -1.98. The topological polar surface area (TPSA) is 39.2 Å². The van der Waals surface area contributed by atoms with E-state index < -0.39 is 0 Å². The Balaban J connectivity index is 1.91. The normalized spacial score (nSPS) is 10.6. The molecule has 0 spiro atoms. The lowest BCUT2D eigenvalue weighted by molar-refractivity contribution is 0.0531. The Morgan fingerprint density at radius 3 is 2.73 bits per heavy atom. The van der Waals surface area contributed by atoms with Gasteiger partial charge in [0.05, 0.1) is 17.2 Å². The summed E-state index contributed by atoms with van der Waals surface area (Å²) in [6.07, 6.45) is 0. The van der Waals surface area contributed by atoms with Gasteiger partial charge >= 0.3 is 5.97 Å². The highest BCUT2D eigenvalue weighted by Gasteiger charge is 2.18. The van der Waals surface area contributed by atoms with E-state index in [1.54, 1.807) is 18.3 Å². The van der Waals surface area contributed by atoms with Crippen molar-refractivity contribution < 1.29 is 9.53 Å². The van der Waals surface area contributed by atoms with Gasteiger partial charge in [0.1, 0.15) is 9.88 Å². The predicted molar refractivity (Wildman–Crippen MR) is 91.6 cm³/mol. The maximum Gasteiger partial charge on any atom is 0.350 e. The van der Waals surface area contributed by atoms with Crippen molar-refractivity contribution >= 4 is 28.6 Å². The van der Waals surface area contributed by atoms with E-state index >= 15 is 0 Å². The lowest BCUT2D eigenvalue weighted by atomic mass is 10.1. The predicted octanol–water partition coefficient (Wildman–Crippen LogP) is 5.02. The van der Waals surface area contributed by atoms with Crippen LogP contribution in [0.3, 0.4) is 0 Å². The van der Waals surface area contributed by atoms with Crippen LogP contribution in [0.1, 0.15) is 22.3 Å². The monoisotopic (exact) mass is 329 g/mol. The number of aromatic nitrogens is 1. The summed E-state index contributed by atoms with van der Waals surface area (Å²) in [5.41, 5.74) is 3.09. The van der Waals surface area contributed by atoms with Crippen LogP contribution < -0.4 is 0 Å². The number of ether oxygens (including phenoxy) is 1. The van der Waals surface area contributed by atoms with Gasteiger partial charge in [0.25, 0.3) is 0 Å². The number of nitrogens with zero attached hydrogens (tertiary/aromatic N) is 1. The molecule has 0 amide bonds. The largest absolute Gasteiger partial charge is 0.462 e. The van der Waals surface area contributed by atoms with E-state index in [2.05, 4.69) is 28.6 Å². The number of hydrogen-bond acceptors (Lipinski definition) is 5. The first-order chi connectivity index (χ1) is 10.7. The molecule has 3 nitrogen and oxygen atoms in total. The second-order valence-electron chi connectivity index (χ2n) is 4.72. The SMILES string of the molecule is CCOC(=O)c1sc(-c2cc(-c3ccccc3)cs2)nc1C. The molecule has 2 heterocycles. The van der Waals surface area contributed by atoms with E-state index in [1.165, 1.54) is 22.5 Å².